The molecule has 0 unspecified atom stereocenters. The molecule has 0 aromatic heterocycles. The first kappa shape index (κ1) is 42.5. The van der Waals surface area contributed by atoms with Gasteiger partial charge in [-0.05, 0) is 147 Å². The van der Waals surface area contributed by atoms with E-state index in [0.717, 1.165) is 6.42 Å². The molecule has 2 nitrogen and oxygen atoms in total. The lowest BCUT2D eigenvalue weighted by Crippen LogP contribution is -2.61. The second-order valence-electron chi connectivity index (χ2n) is 24.1. The Labute approximate surface area is 420 Å². The fraction of sp³-hybridized carbons (Fsp3) is 0.206. The first-order valence-corrected chi connectivity index (χ1v) is 25.8. The highest BCUT2D eigenvalue weighted by atomic mass is 15.2. The minimum Gasteiger partial charge on any atom is -0.311 e. The standard InChI is InChI=1S/C68H59BN2/c1-65(2,3)42-32-34-55-59(37-42)70(57-30-18-25-46-45-21-11-10-20-41(45)36-51(46)57)61-39-44(67(7,8)9)40-62-64(61)69(55)56-35-33-43(66(4,5)6)38-60(56)71(62)58-31-19-26-50-49-24-14-17-29-54(49)68(63(50)58)52-27-15-12-22-47(52)48-23-13-16-28-53(48)68/h10-35,37-40H,36H2,1-9H3. The number of benzene rings is 9. The molecule has 14 rings (SSSR count). The van der Waals surface area contributed by atoms with E-state index in [1.165, 1.54) is 134 Å². The van der Waals surface area contributed by atoms with Crippen LogP contribution in [-0.4, -0.2) is 6.71 Å². The number of anilines is 6. The van der Waals surface area contributed by atoms with E-state index in [2.05, 4.69) is 254 Å². The summed E-state index contributed by atoms with van der Waals surface area (Å²) in [4.78, 5) is 5.44. The predicted octanol–water partition coefficient (Wildman–Crippen LogP) is 15.6. The largest absolute Gasteiger partial charge is 0.311 e. The van der Waals surface area contributed by atoms with Crippen LogP contribution in [0.4, 0.5) is 34.1 Å². The molecule has 0 bridgehead atoms. The highest BCUT2D eigenvalue weighted by Gasteiger charge is 2.54. The van der Waals surface area contributed by atoms with Crippen molar-refractivity contribution < 1.29 is 0 Å². The second-order valence-corrected chi connectivity index (χ2v) is 24.1. The van der Waals surface area contributed by atoms with Gasteiger partial charge in [0.05, 0.1) is 16.8 Å². The van der Waals surface area contributed by atoms with E-state index in [0.29, 0.717) is 0 Å². The van der Waals surface area contributed by atoms with Crippen LogP contribution in [0.1, 0.15) is 112 Å². The fourth-order valence-electron chi connectivity index (χ4n) is 13.5. The van der Waals surface area contributed by atoms with Crippen molar-refractivity contribution in [3.63, 3.8) is 0 Å². The Hall–Kier alpha value is -7.36. The van der Waals surface area contributed by atoms with Gasteiger partial charge in [0.15, 0.2) is 0 Å². The maximum atomic E-state index is 2.74. The van der Waals surface area contributed by atoms with Crippen LogP contribution in [0.5, 0.6) is 0 Å². The molecule has 3 aliphatic carbocycles. The predicted molar refractivity (Wildman–Crippen MR) is 301 cm³/mol. The summed E-state index contributed by atoms with van der Waals surface area (Å²) >= 11 is 0. The van der Waals surface area contributed by atoms with Crippen LogP contribution < -0.4 is 26.2 Å². The van der Waals surface area contributed by atoms with Crippen molar-refractivity contribution in [1.29, 1.82) is 0 Å². The molecular weight excluding hydrogens is 856 g/mol. The van der Waals surface area contributed by atoms with Gasteiger partial charge in [0.2, 0.25) is 0 Å². The molecule has 0 N–H and O–H groups in total. The Morgan fingerprint density at radius 1 is 0.366 bits per heavy atom. The van der Waals surface area contributed by atoms with Gasteiger partial charge >= 0.3 is 0 Å². The molecule has 0 atom stereocenters. The summed E-state index contributed by atoms with van der Waals surface area (Å²) in [5.41, 5.74) is 31.1. The first-order valence-electron chi connectivity index (χ1n) is 25.8. The van der Waals surface area contributed by atoms with Gasteiger partial charge in [-0.1, -0.05) is 208 Å². The van der Waals surface area contributed by atoms with Crippen molar-refractivity contribution in [3.8, 4) is 33.4 Å². The molecule has 0 amide bonds. The molecule has 0 saturated heterocycles. The van der Waals surface area contributed by atoms with Gasteiger partial charge in [-0.3, -0.25) is 0 Å². The molecule has 0 fully saturated rings. The average Bonchev–Trinajstić information content (AvgIpc) is 4.00. The normalized spacial score (nSPS) is 15.1. The van der Waals surface area contributed by atoms with Crippen molar-refractivity contribution in [3.05, 3.63) is 232 Å². The maximum absolute atomic E-state index is 2.74. The second kappa shape index (κ2) is 14.4. The highest BCUT2D eigenvalue weighted by molar-refractivity contribution is 7.00. The molecule has 1 spiro atoms. The molecule has 0 radical (unpaired) electrons. The van der Waals surface area contributed by atoms with Gasteiger partial charge in [0.1, 0.15) is 0 Å². The van der Waals surface area contributed by atoms with Crippen LogP contribution in [-0.2, 0) is 28.1 Å². The van der Waals surface area contributed by atoms with Crippen LogP contribution in [0.25, 0.3) is 33.4 Å². The lowest BCUT2D eigenvalue weighted by molar-refractivity contribution is 0.590. The average molecular weight is 915 g/mol. The zero-order valence-corrected chi connectivity index (χ0v) is 42.5. The lowest BCUT2D eigenvalue weighted by atomic mass is 9.33. The molecule has 5 aliphatic rings. The molecule has 2 heterocycles. The van der Waals surface area contributed by atoms with Crippen LogP contribution in [0, 0.1) is 0 Å². The third-order valence-electron chi connectivity index (χ3n) is 17.0. The molecule has 9 aromatic rings. The van der Waals surface area contributed by atoms with Crippen molar-refractivity contribution in [2.45, 2.75) is 90.4 Å². The zero-order chi connectivity index (χ0) is 48.5. The summed E-state index contributed by atoms with van der Waals surface area (Å²) in [6, 6.07) is 71.1. The topological polar surface area (TPSA) is 6.48 Å². The highest BCUT2D eigenvalue weighted by Crippen LogP contribution is 2.65. The Morgan fingerprint density at radius 2 is 0.789 bits per heavy atom. The van der Waals surface area contributed by atoms with Crippen LogP contribution >= 0.6 is 0 Å². The summed E-state index contributed by atoms with van der Waals surface area (Å²) in [5.74, 6) is 0. The smallest absolute Gasteiger partial charge is 0.252 e. The fourth-order valence-corrected chi connectivity index (χ4v) is 13.5. The third kappa shape index (κ3) is 5.72. The van der Waals surface area contributed by atoms with Crippen molar-refractivity contribution in [1.82, 2.24) is 0 Å². The Bertz CT molecular complexity index is 3710. The zero-order valence-electron chi connectivity index (χ0n) is 42.5. The van der Waals surface area contributed by atoms with Gasteiger partial charge in [-0.2, -0.15) is 0 Å². The lowest BCUT2D eigenvalue weighted by Gasteiger charge is -2.47. The van der Waals surface area contributed by atoms with Crippen molar-refractivity contribution >= 4 is 57.2 Å². The Balaban J connectivity index is 1.13. The van der Waals surface area contributed by atoms with Crippen LogP contribution in [0.15, 0.2) is 182 Å². The van der Waals surface area contributed by atoms with E-state index in [-0.39, 0.29) is 23.0 Å². The molecule has 2 aliphatic heterocycles. The van der Waals surface area contributed by atoms with E-state index >= 15 is 0 Å². The summed E-state index contributed by atoms with van der Waals surface area (Å²) in [6.45, 7) is 21.3. The van der Waals surface area contributed by atoms with Gasteiger partial charge < -0.3 is 9.80 Å². The number of nitrogens with zero attached hydrogens (tertiary/aromatic N) is 2. The number of hydrogen-bond acceptors (Lipinski definition) is 2. The molecule has 344 valence electrons. The minimum absolute atomic E-state index is 0.000589. The molecule has 3 heteroatoms. The third-order valence-corrected chi connectivity index (χ3v) is 17.0. The SMILES string of the molecule is CC(C)(C)c1ccc2c(c1)N(c1cccc3c1Cc1ccccc1-3)c1cc(C(C)(C)C)cc3c1B2c1ccc(C(C)(C)C)cc1N3c1cccc2c1C1(c3ccccc3-c3ccccc31)c1ccccc1-2. The molecular formula is C68H59BN2. The maximum Gasteiger partial charge on any atom is 0.252 e. The van der Waals surface area contributed by atoms with E-state index in [9.17, 15) is 0 Å². The molecule has 71 heavy (non-hydrogen) atoms. The van der Waals surface area contributed by atoms with Gasteiger partial charge in [-0.25, -0.2) is 0 Å². The monoisotopic (exact) mass is 914 g/mol. The summed E-state index contributed by atoms with van der Waals surface area (Å²) in [5, 5.41) is 0. The first-order chi connectivity index (χ1) is 34.1. The summed E-state index contributed by atoms with van der Waals surface area (Å²) in [7, 11) is 0. The molecule has 9 aromatic carbocycles. The van der Waals surface area contributed by atoms with Gasteiger partial charge in [-0.15, -0.1) is 0 Å². The number of rotatable bonds is 2. The van der Waals surface area contributed by atoms with Gasteiger partial charge in [0, 0.05) is 34.7 Å². The summed E-state index contributed by atoms with van der Waals surface area (Å²) in [6.07, 6.45) is 0.906. The number of fused-ring (bicyclic) bond motifs is 17. The van der Waals surface area contributed by atoms with Crippen molar-refractivity contribution in [2.75, 3.05) is 9.80 Å². The molecule has 0 saturated carbocycles. The van der Waals surface area contributed by atoms with Crippen LogP contribution in [0.2, 0.25) is 0 Å². The Morgan fingerprint density at radius 3 is 1.32 bits per heavy atom. The van der Waals surface area contributed by atoms with E-state index in [4.69, 9.17) is 0 Å². The minimum atomic E-state index is -0.530. The van der Waals surface area contributed by atoms with Gasteiger partial charge in [0.25, 0.3) is 6.71 Å². The van der Waals surface area contributed by atoms with E-state index in [1.54, 1.807) is 0 Å². The number of hydrogen-bond donors (Lipinski definition) is 0. The van der Waals surface area contributed by atoms with Crippen molar-refractivity contribution in [2.24, 2.45) is 0 Å². The van der Waals surface area contributed by atoms with Crippen LogP contribution in [0.3, 0.4) is 0 Å². The van der Waals surface area contributed by atoms with E-state index < -0.39 is 5.41 Å². The van der Waals surface area contributed by atoms with E-state index in [1.807, 2.05) is 0 Å². The summed E-state index contributed by atoms with van der Waals surface area (Å²) < 4.78 is 0. The Kier molecular flexibility index (Phi) is 8.61. The quantitative estimate of drug-likeness (QED) is 0.159.